The maximum absolute atomic E-state index is 12.8. The summed E-state index contributed by atoms with van der Waals surface area (Å²) in [6.45, 7) is 1.37. The fourth-order valence-electron chi connectivity index (χ4n) is 3.59. The third-order valence-electron chi connectivity index (χ3n) is 4.93. The highest BCUT2D eigenvalue weighted by molar-refractivity contribution is 7.99. The van der Waals surface area contributed by atoms with E-state index in [1.807, 2.05) is 12.1 Å². The van der Waals surface area contributed by atoms with Gasteiger partial charge in [0.2, 0.25) is 0 Å². The van der Waals surface area contributed by atoms with E-state index >= 15 is 0 Å². The Balaban J connectivity index is 1.59. The van der Waals surface area contributed by atoms with Crippen LogP contribution in [0.3, 0.4) is 0 Å². The quantitative estimate of drug-likeness (QED) is 0.743. The average Bonchev–Trinajstić information content (AvgIpc) is 3.25. The van der Waals surface area contributed by atoms with Crippen molar-refractivity contribution in [2.75, 3.05) is 13.2 Å². The molecular formula is C18H26O3S. The van der Waals surface area contributed by atoms with Gasteiger partial charge >= 0.3 is 0 Å². The molecule has 1 saturated carbocycles. The summed E-state index contributed by atoms with van der Waals surface area (Å²) in [5.74, 6) is 3.03. The number of Topliss-reactive ketones (excluding diaryl/α,β-unsaturated/α-hetero) is 1. The Morgan fingerprint density at radius 3 is 2.82 bits per heavy atom. The molecule has 122 valence electrons. The van der Waals surface area contributed by atoms with Gasteiger partial charge < -0.3 is 9.15 Å². The molecule has 0 bridgehead atoms. The number of hydrogen-bond donors (Lipinski definition) is 0. The summed E-state index contributed by atoms with van der Waals surface area (Å²) in [7, 11) is 0. The van der Waals surface area contributed by atoms with Gasteiger partial charge in [-0.15, -0.1) is 11.8 Å². The summed E-state index contributed by atoms with van der Waals surface area (Å²) >= 11 is 1.77. The zero-order valence-electron chi connectivity index (χ0n) is 13.2. The number of furan rings is 1. The third kappa shape index (κ3) is 4.39. The third-order valence-corrected chi connectivity index (χ3v) is 6.21. The molecule has 22 heavy (non-hydrogen) atoms. The van der Waals surface area contributed by atoms with Gasteiger partial charge in [0, 0.05) is 12.5 Å². The first-order chi connectivity index (χ1) is 10.8. The summed E-state index contributed by atoms with van der Waals surface area (Å²) < 4.78 is 10.8. The normalized spacial score (nSPS) is 24.5. The van der Waals surface area contributed by atoms with E-state index in [-0.39, 0.29) is 11.2 Å². The Bertz CT molecular complexity index is 445. The molecule has 0 spiro atoms. The standard InChI is InChI=1S/C18H26O3S/c19-18(15-8-10-20-12-15)17(11-14-5-2-1-3-6-14)22-13-16-7-4-9-21-16/h4,7,9,14-15,17H,1-3,5-6,8,10-13H2. The van der Waals surface area contributed by atoms with Crippen molar-refractivity contribution in [1.29, 1.82) is 0 Å². The van der Waals surface area contributed by atoms with E-state index in [1.165, 1.54) is 32.1 Å². The Morgan fingerprint density at radius 2 is 2.14 bits per heavy atom. The van der Waals surface area contributed by atoms with Gasteiger partial charge in [-0.05, 0) is 30.9 Å². The predicted molar refractivity (Wildman–Crippen MR) is 88.9 cm³/mol. The molecule has 1 aliphatic carbocycles. The van der Waals surface area contributed by atoms with E-state index in [0.717, 1.165) is 36.9 Å². The molecule has 2 unspecified atom stereocenters. The number of ketones is 1. The second-order valence-corrected chi connectivity index (χ2v) is 7.77. The lowest BCUT2D eigenvalue weighted by molar-refractivity contribution is -0.122. The van der Waals surface area contributed by atoms with Gasteiger partial charge in [0.15, 0.2) is 5.78 Å². The maximum Gasteiger partial charge on any atom is 0.151 e. The van der Waals surface area contributed by atoms with E-state index in [9.17, 15) is 4.79 Å². The van der Waals surface area contributed by atoms with Crippen molar-refractivity contribution in [2.45, 2.75) is 55.9 Å². The number of ether oxygens (including phenoxy) is 1. The zero-order valence-corrected chi connectivity index (χ0v) is 14.0. The summed E-state index contributed by atoms with van der Waals surface area (Å²) in [5.41, 5.74) is 0. The monoisotopic (exact) mass is 322 g/mol. The van der Waals surface area contributed by atoms with Gasteiger partial charge in [0.05, 0.1) is 23.9 Å². The average molecular weight is 322 g/mol. The van der Waals surface area contributed by atoms with Gasteiger partial charge in [-0.25, -0.2) is 0 Å². The molecule has 0 amide bonds. The number of carbonyl (C=O) groups excluding carboxylic acids is 1. The van der Waals surface area contributed by atoms with Gasteiger partial charge in [0.25, 0.3) is 0 Å². The number of rotatable bonds is 7. The van der Waals surface area contributed by atoms with Crippen LogP contribution in [0, 0.1) is 11.8 Å². The van der Waals surface area contributed by atoms with Gasteiger partial charge in [-0.1, -0.05) is 32.1 Å². The molecule has 2 fully saturated rings. The van der Waals surface area contributed by atoms with Crippen LogP contribution >= 0.6 is 11.8 Å². The minimum atomic E-state index is 0.111. The van der Waals surface area contributed by atoms with Crippen molar-refractivity contribution in [1.82, 2.24) is 0 Å². The first kappa shape index (κ1) is 16.1. The predicted octanol–water partition coefficient (Wildman–Crippen LogP) is 4.46. The minimum Gasteiger partial charge on any atom is -0.468 e. The number of carbonyl (C=O) groups is 1. The molecular weight excluding hydrogens is 296 g/mol. The first-order valence-corrected chi connectivity index (χ1v) is 9.63. The van der Waals surface area contributed by atoms with Crippen LogP contribution in [0.5, 0.6) is 0 Å². The van der Waals surface area contributed by atoms with E-state index in [1.54, 1.807) is 18.0 Å². The molecule has 2 heterocycles. The fourth-order valence-corrected chi connectivity index (χ4v) is 4.89. The SMILES string of the molecule is O=C(C1CCOC1)C(CC1CCCCC1)SCc1ccco1. The summed E-state index contributed by atoms with van der Waals surface area (Å²) in [5, 5.41) is 0.111. The van der Waals surface area contributed by atoms with Crippen molar-refractivity contribution in [3.8, 4) is 0 Å². The minimum absolute atomic E-state index is 0.111. The lowest BCUT2D eigenvalue weighted by atomic mass is 9.84. The van der Waals surface area contributed by atoms with Crippen LogP contribution in [0.25, 0.3) is 0 Å². The summed E-state index contributed by atoms with van der Waals surface area (Å²) in [6.07, 6.45) is 10.3. The van der Waals surface area contributed by atoms with E-state index in [4.69, 9.17) is 9.15 Å². The van der Waals surface area contributed by atoms with E-state index in [0.29, 0.717) is 12.4 Å². The highest BCUT2D eigenvalue weighted by Gasteiger charge is 2.32. The van der Waals surface area contributed by atoms with E-state index in [2.05, 4.69) is 0 Å². The van der Waals surface area contributed by atoms with Crippen molar-refractivity contribution in [3.63, 3.8) is 0 Å². The topological polar surface area (TPSA) is 39.4 Å². The van der Waals surface area contributed by atoms with Crippen LogP contribution < -0.4 is 0 Å². The van der Waals surface area contributed by atoms with Gasteiger partial charge in [-0.2, -0.15) is 0 Å². The highest BCUT2D eigenvalue weighted by Crippen LogP contribution is 2.34. The second-order valence-electron chi connectivity index (χ2n) is 6.58. The maximum atomic E-state index is 12.8. The molecule has 0 N–H and O–H groups in total. The van der Waals surface area contributed by atoms with Crippen LogP contribution in [-0.4, -0.2) is 24.2 Å². The Kier molecular flexibility index (Phi) is 6.02. The van der Waals surface area contributed by atoms with Crippen molar-refractivity contribution in [3.05, 3.63) is 24.2 Å². The summed E-state index contributed by atoms with van der Waals surface area (Å²) in [6, 6.07) is 3.91. The first-order valence-electron chi connectivity index (χ1n) is 8.58. The number of thioether (sulfide) groups is 1. The molecule has 0 aromatic carbocycles. The van der Waals surface area contributed by atoms with Crippen LogP contribution in [0.4, 0.5) is 0 Å². The van der Waals surface area contributed by atoms with Crippen molar-refractivity contribution >= 4 is 17.5 Å². The van der Waals surface area contributed by atoms with Crippen molar-refractivity contribution in [2.24, 2.45) is 11.8 Å². The molecule has 1 aromatic rings. The molecule has 3 rings (SSSR count). The molecule has 1 aliphatic heterocycles. The molecule has 4 heteroatoms. The second kappa shape index (κ2) is 8.21. The molecule has 3 nitrogen and oxygen atoms in total. The van der Waals surface area contributed by atoms with Gasteiger partial charge in [0.1, 0.15) is 5.76 Å². The molecule has 0 radical (unpaired) electrons. The lowest BCUT2D eigenvalue weighted by Gasteiger charge is -2.26. The van der Waals surface area contributed by atoms with Crippen LogP contribution in [0.2, 0.25) is 0 Å². The highest BCUT2D eigenvalue weighted by atomic mass is 32.2. The Labute approximate surface area is 137 Å². The van der Waals surface area contributed by atoms with Gasteiger partial charge in [-0.3, -0.25) is 4.79 Å². The van der Waals surface area contributed by atoms with Crippen LogP contribution in [0.1, 0.15) is 50.7 Å². The largest absolute Gasteiger partial charge is 0.468 e. The van der Waals surface area contributed by atoms with Crippen LogP contribution in [-0.2, 0) is 15.3 Å². The Hall–Kier alpha value is -0.740. The lowest BCUT2D eigenvalue weighted by Crippen LogP contribution is -2.29. The zero-order chi connectivity index (χ0) is 15.2. The molecule has 2 atom stereocenters. The fraction of sp³-hybridized carbons (Fsp3) is 0.722. The smallest absolute Gasteiger partial charge is 0.151 e. The Morgan fingerprint density at radius 1 is 1.27 bits per heavy atom. The summed E-state index contributed by atoms with van der Waals surface area (Å²) in [4.78, 5) is 12.8. The van der Waals surface area contributed by atoms with E-state index < -0.39 is 0 Å². The molecule has 1 aromatic heterocycles. The van der Waals surface area contributed by atoms with Crippen LogP contribution in [0.15, 0.2) is 22.8 Å². The number of hydrogen-bond acceptors (Lipinski definition) is 4. The van der Waals surface area contributed by atoms with Crippen molar-refractivity contribution < 1.29 is 13.9 Å². The molecule has 2 aliphatic rings. The molecule has 1 saturated heterocycles.